The molecule has 1 aromatic heterocycles. The van der Waals surface area contributed by atoms with Crippen molar-refractivity contribution in [1.29, 1.82) is 0 Å². The second kappa shape index (κ2) is 8.30. The van der Waals surface area contributed by atoms with Crippen LogP contribution in [-0.2, 0) is 9.59 Å². The lowest BCUT2D eigenvalue weighted by Crippen LogP contribution is -2.56. The van der Waals surface area contributed by atoms with E-state index < -0.39 is 6.04 Å². The van der Waals surface area contributed by atoms with Gasteiger partial charge in [-0.05, 0) is 36.8 Å². The molecule has 0 saturated carbocycles. The molecule has 29 heavy (non-hydrogen) atoms. The molecule has 2 aliphatic heterocycles. The maximum Gasteiger partial charge on any atom is 0.249 e. The number of aromatic nitrogens is 1. The fraction of sp³-hybridized carbons (Fsp3) is 0.333. The van der Waals surface area contributed by atoms with Gasteiger partial charge in [-0.15, -0.1) is 0 Å². The number of nitrogens with one attached hydrogen (secondary N) is 2. The van der Waals surface area contributed by atoms with Crippen LogP contribution >= 0.6 is 0 Å². The fourth-order valence-electron chi connectivity index (χ4n) is 3.53. The first-order valence-electron chi connectivity index (χ1n) is 9.74. The van der Waals surface area contributed by atoms with Crippen LogP contribution in [0.2, 0.25) is 0 Å². The minimum Gasteiger partial charge on any atom is -0.353 e. The Morgan fingerprint density at radius 3 is 2.62 bits per heavy atom. The number of carbonyl (C=O) groups excluding carboxylic acids is 2. The summed E-state index contributed by atoms with van der Waals surface area (Å²) in [5.74, 6) is 0.963. The molecule has 1 atom stereocenters. The molecule has 0 bridgehead atoms. The summed E-state index contributed by atoms with van der Waals surface area (Å²) in [7, 11) is 0. The minimum atomic E-state index is -0.729. The highest BCUT2D eigenvalue weighted by atomic mass is 16.2. The van der Waals surface area contributed by atoms with Gasteiger partial charge in [0.25, 0.3) is 0 Å². The molecule has 8 nitrogen and oxygen atoms in total. The first-order valence-corrected chi connectivity index (χ1v) is 9.74. The largest absolute Gasteiger partial charge is 0.353 e. The van der Waals surface area contributed by atoms with Crippen LogP contribution in [0, 0.1) is 6.92 Å². The SMILES string of the molecule is Cc1cccc(NC(=O)C2CC(=O)NC(N3CCN(c4ccccn4)CC3)=N2)c1. The standard InChI is InChI=1S/C21H24N6O2/c1-15-5-4-6-16(13-15)23-20(29)17-14-19(28)25-21(24-17)27-11-9-26(10-12-27)18-7-2-3-8-22-18/h2-8,13,17H,9-12,14H2,1H3,(H,23,29)(H,24,25,28). The molecule has 2 N–H and O–H groups in total. The third kappa shape index (κ3) is 4.53. The van der Waals surface area contributed by atoms with E-state index in [0.29, 0.717) is 24.7 Å². The summed E-state index contributed by atoms with van der Waals surface area (Å²) in [6.45, 7) is 4.90. The summed E-state index contributed by atoms with van der Waals surface area (Å²) < 4.78 is 0. The number of pyridine rings is 1. The Hall–Kier alpha value is -3.42. The van der Waals surface area contributed by atoms with Crippen molar-refractivity contribution in [2.45, 2.75) is 19.4 Å². The van der Waals surface area contributed by atoms with E-state index in [1.807, 2.05) is 54.3 Å². The number of hydrogen-bond donors (Lipinski definition) is 2. The smallest absolute Gasteiger partial charge is 0.249 e. The van der Waals surface area contributed by atoms with Crippen molar-refractivity contribution in [2.75, 3.05) is 36.4 Å². The Bertz CT molecular complexity index is 922. The molecule has 2 amide bonds. The summed E-state index contributed by atoms with van der Waals surface area (Å²) in [4.78, 5) is 38.0. The van der Waals surface area contributed by atoms with Gasteiger partial charge in [0.1, 0.15) is 11.9 Å². The number of hydrogen-bond acceptors (Lipinski definition) is 6. The predicted octanol–water partition coefficient (Wildman–Crippen LogP) is 1.40. The molecule has 4 rings (SSSR count). The van der Waals surface area contributed by atoms with Crippen LogP contribution in [0.4, 0.5) is 11.5 Å². The monoisotopic (exact) mass is 392 g/mol. The number of guanidine groups is 1. The summed E-state index contributed by atoms with van der Waals surface area (Å²) >= 11 is 0. The Kier molecular flexibility index (Phi) is 5.41. The number of carbonyl (C=O) groups is 2. The molecule has 1 fully saturated rings. The molecule has 1 saturated heterocycles. The van der Waals surface area contributed by atoms with Crippen LogP contribution in [-0.4, -0.2) is 59.9 Å². The van der Waals surface area contributed by atoms with Gasteiger partial charge >= 0.3 is 0 Å². The highest BCUT2D eigenvalue weighted by Crippen LogP contribution is 2.16. The molecular formula is C21H24N6O2. The van der Waals surface area contributed by atoms with Gasteiger partial charge in [-0.25, -0.2) is 9.98 Å². The Morgan fingerprint density at radius 2 is 1.90 bits per heavy atom. The van der Waals surface area contributed by atoms with Crippen LogP contribution in [0.1, 0.15) is 12.0 Å². The van der Waals surface area contributed by atoms with E-state index in [4.69, 9.17) is 0 Å². The number of aryl methyl sites for hydroxylation is 1. The zero-order chi connectivity index (χ0) is 20.2. The summed E-state index contributed by atoms with van der Waals surface area (Å²) in [6.07, 6.45) is 1.83. The fourth-order valence-corrected chi connectivity index (χ4v) is 3.53. The highest BCUT2D eigenvalue weighted by Gasteiger charge is 2.30. The number of anilines is 2. The molecule has 3 heterocycles. The molecule has 8 heteroatoms. The van der Waals surface area contributed by atoms with Gasteiger partial charge < -0.3 is 15.1 Å². The molecule has 2 aromatic rings. The van der Waals surface area contributed by atoms with Crippen molar-refractivity contribution < 1.29 is 9.59 Å². The van der Waals surface area contributed by atoms with Crippen LogP contribution in [0.15, 0.2) is 53.7 Å². The summed E-state index contributed by atoms with van der Waals surface area (Å²) in [5.41, 5.74) is 1.76. The van der Waals surface area contributed by atoms with E-state index in [1.165, 1.54) is 0 Å². The second-order valence-electron chi connectivity index (χ2n) is 7.24. The maximum atomic E-state index is 12.7. The molecule has 1 unspecified atom stereocenters. The van der Waals surface area contributed by atoms with Gasteiger partial charge in [-0.1, -0.05) is 18.2 Å². The predicted molar refractivity (Wildman–Crippen MR) is 112 cm³/mol. The van der Waals surface area contributed by atoms with Crippen molar-refractivity contribution in [2.24, 2.45) is 4.99 Å². The van der Waals surface area contributed by atoms with Crippen LogP contribution in [0.5, 0.6) is 0 Å². The number of amides is 2. The number of nitrogens with zero attached hydrogens (tertiary/aromatic N) is 4. The average molecular weight is 392 g/mol. The third-order valence-electron chi connectivity index (χ3n) is 5.05. The van der Waals surface area contributed by atoms with Crippen LogP contribution in [0.25, 0.3) is 0 Å². The van der Waals surface area contributed by atoms with E-state index in [-0.39, 0.29) is 18.2 Å². The van der Waals surface area contributed by atoms with Crippen LogP contribution < -0.4 is 15.5 Å². The first-order chi connectivity index (χ1) is 14.1. The zero-order valence-corrected chi connectivity index (χ0v) is 16.3. The van der Waals surface area contributed by atoms with E-state index in [0.717, 1.165) is 24.5 Å². The normalized spacial score (nSPS) is 19.4. The molecule has 0 radical (unpaired) electrons. The zero-order valence-electron chi connectivity index (χ0n) is 16.3. The molecule has 1 aromatic carbocycles. The van der Waals surface area contributed by atoms with Gasteiger partial charge in [-0.2, -0.15) is 0 Å². The molecule has 0 aliphatic carbocycles. The Morgan fingerprint density at radius 1 is 1.10 bits per heavy atom. The molecule has 0 spiro atoms. The number of aliphatic imine (C=N–C) groups is 1. The van der Waals surface area contributed by atoms with Gasteiger partial charge in [0, 0.05) is 38.1 Å². The topological polar surface area (TPSA) is 89.9 Å². The van der Waals surface area contributed by atoms with Crippen LogP contribution in [0.3, 0.4) is 0 Å². The van der Waals surface area contributed by atoms with E-state index >= 15 is 0 Å². The number of piperazine rings is 1. The van der Waals surface area contributed by atoms with E-state index in [1.54, 1.807) is 6.20 Å². The quantitative estimate of drug-likeness (QED) is 0.824. The lowest BCUT2D eigenvalue weighted by Gasteiger charge is -2.38. The Balaban J connectivity index is 1.41. The van der Waals surface area contributed by atoms with Crippen molar-refractivity contribution in [3.05, 3.63) is 54.2 Å². The van der Waals surface area contributed by atoms with Gasteiger partial charge in [-0.3, -0.25) is 14.9 Å². The van der Waals surface area contributed by atoms with E-state index in [2.05, 4.69) is 25.5 Å². The molecular weight excluding hydrogens is 368 g/mol. The van der Waals surface area contributed by atoms with E-state index in [9.17, 15) is 9.59 Å². The summed E-state index contributed by atoms with van der Waals surface area (Å²) in [5, 5.41) is 5.69. The summed E-state index contributed by atoms with van der Waals surface area (Å²) in [6, 6.07) is 12.7. The lowest BCUT2D eigenvalue weighted by molar-refractivity contribution is -0.125. The minimum absolute atomic E-state index is 0.0506. The molecule has 150 valence electrons. The number of benzene rings is 1. The second-order valence-corrected chi connectivity index (χ2v) is 7.24. The molecule has 2 aliphatic rings. The van der Waals surface area contributed by atoms with Gasteiger partial charge in [0.2, 0.25) is 17.8 Å². The van der Waals surface area contributed by atoms with Crippen molar-refractivity contribution in [3.8, 4) is 0 Å². The number of rotatable bonds is 3. The highest BCUT2D eigenvalue weighted by molar-refractivity contribution is 6.06. The maximum absolute atomic E-state index is 12.7. The van der Waals surface area contributed by atoms with Crippen molar-refractivity contribution in [1.82, 2.24) is 15.2 Å². The van der Waals surface area contributed by atoms with Crippen molar-refractivity contribution in [3.63, 3.8) is 0 Å². The third-order valence-corrected chi connectivity index (χ3v) is 5.05. The first kappa shape index (κ1) is 18.9. The average Bonchev–Trinajstić information content (AvgIpc) is 2.74. The lowest BCUT2D eigenvalue weighted by atomic mass is 10.1. The van der Waals surface area contributed by atoms with Gasteiger partial charge in [0.05, 0.1) is 6.42 Å². The van der Waals surface area contributed by atoms with Gasteiger partial charge in [0.15, 0.2) is 0 Å². The van der Waals surface area contributed by atoms with Crippen molar-refractivity contribution >= 4 is 29.3 Å². The Labute approximate surface area is 169 Å².